The molecular weight excluding hydrogens is 342 g/mol. The highest BCUT2D eigenvalue weighted by molar-refractivity contribution is 9.10. The maximum atomic E-state index is 10.4. The third-order valence-electron chi connectivity index (χ3n) is 3.19. The molecule has 6 heteroatoms. The van der Waals surface area contributed by atoms with Crippen molar-refractivity contribution in [2.75, 3.05) is 0 Å². The Morgan fingerprint density at radius 1 is 1.40 bits per heavy atom. The van der Waals surface area contributed by atoms with Crippen LogP contribution in [0.1, 0.15) is 36.9 Å². The average molecular weight is 359 g/mol. The van der Waals surface area contributed by atoms with Gasteiger partial charge in [0.2, 0.25) is 0 Å². The van der Waals surface area contributed by atoms with Gasteiger partial charge in [0.1, 0.15) is 0 Å². The molecule has 20 heavy (non-hydrogen) atoms. The van der Waals surface area contributed by atoms with Crippen LogP contribution in [0.3, 0.4) is 0 Å². The molecule has 108 valence electrons. The summed E-state index contributed by atoms with van der Waals surface area (Å²) in [5.41, 5.74) is 2.51. The summed E-state index contributed by atoms with van der Waals surface area (Å²) in [6.07, 6.45) is 3.92. The van der Waals surface area contributed by atoms with Gasteiger partial charge in [-0.1, -0.05) is 18.5 Å². The lowest BCUT2D eigenvalue weighted by Gasteiger charge is -2.12. The number of rotatable bonds is 5. The molecular formula is C14H17BrClN3O. The van der Waals surface area contributed by atoms with Gasteiger partial charge in [-0.25, -0.2) is 0 Å². The first kappa shape index (κ1) is 15.5. The van der Waals surface area contributed by atoms with Crippen LogP contribution in [0.5, 0.6) is 0 Å². The SMILES string of the molecule is CCc1nn(CC)c(CC(O)c2cncc(Br)c2)c1Cl. The Morgan fingerprint density at radius 2 is 2.15 bits per heavy atom. The molecule has 0 aliphatic rings. The van der Waals surface area contributed by atoms with Gasteiger partial charge in [0.15, 0.2) is 0 Å². The number of aromatic nitrogens is 3. The van der Waals surface area contributed by atoms with Crippen LogP contribution in [-0.4, -0.2) is 19.9 Å². The Bertz CT molecular complexity index is 600. The molecule has 0 aromatic carbocycles. The molecule has 1 atom stereocenters. The van der Waals surface area contributed by atoms with Crippen molar-refractivity contribution in [1.29, 1.82) is 0 Å². The number of aliphatic hydroxyl groups is 1. The molecule has 2 aromatic rings. The van der Waals surface area contributed by atoms with Gasteiger partial charge < -0.3 is 5.11 Å². The summed E-state index contributed by atoms with van der Waals surface area (Å²) in [5, 5.41) is 15.5. The lowest BCUT2D eigenvalue weighted by molar-refractivity contribution is 0.175. The smallest absolute Gasteiger partial charge is 0.0861 e. The molecule has 0 saturated carbocycles. The van der Waals surface area contributed by atoms with Crippen LogP contribution in [0.2, 0.25) is 5.02 Å². The first-order valence-corrected chi connectivity index (χ1v) is 7.76. The van der Waals surface area contributed by atoms with E-state index in [0.717, 1.165) is 34.4 Å². The number of hydrogen-bond donors (Lipinski definition) is 1. The van der Waals surface area contributed by atoms with Gasteiger partial charge >= 0.3 is 0 Å². The van der Waals surface area contributed by atoms with Crippen LogP contribution in [0, 0.1) is 0 Å². The number of pyridine rings is 1. The molecule has 0 aliphatic carbocycles. The Balaban J connectivity index is 2.27. The van der Waals surface area contributed by atoms with E-state index >= 15 is 0 Å². The standard InChI is InChI=1S/C14H17BrClN3O/c1-3-11-14(16)12(19(4-2)18-11)6-13(20)9-5-10(15)8-17-7-9/h5,7-8,13,20H,3-4,6H2,1-2H3. The zero-order valence-electron chi connectivity index (χ0n) is 11.5. The van der Waals surface area contributed by atoms with Gasteiger partial charge in [-0.3, -0.25) is 9.67 Å². The summed E-state index contributed by atoms with van der Waals surface area (Å²) in [6.45, 7) is 4.77. The largest absolute Gasteiger partial charge is 0.388 e. The van der Waals surface area contributed by atoms with Crippen LogP contribution in [0.4, 0.5) is 0 Å². The summed E-state index contributed by atoms with van der Waals surface area (Å²) >= 11 is 9.71. The van der Waals surface area contributed by atoms with Crippen molar-refractivity contribution in [2.24, 2.45) is 0 Å². The highest BCUT2D eigenvalue weighted by Crippen LogP contribution is 2.27. The Morgan fingerprint density at radius 3 is 2.75 bits per heavy atom. The lowest BCUT2D eigenvalue weighted by Crippen LogP contribution is -2.09. The highest BCUT2D eigenvalue weighted by atomic mass is 79.9. The molecule has 2 rings (SSSR count). The van der Waals surface area contributed by atoms with Gasteiger partial charge in [0.25, 0.3) is 0 Å². The highest BCUT2D eigenvalue weighted by Gasteiger charge is 2.19. The minimum Gasteiger partial charge on any atom is -0.388 e. The van der Waals surface area contributed by atoms with Gasteiger partial charge in [0.05, 0.1) is 22.5 Å². The molecule has 0 radical (unpaired) electrons. The predicted octanol–water partition coefficient (Wildman–Crippen LogP) is 3.55. The molecule has 0 amide bonds. The van der Waals surface area contributed by atoms with Crippen molar-refractivity contribution in [2.45, 2.75) is 39.3 Å². The van der Waals surface area contributed by atoms with Crippen molar-refractivity contribution in [3.05, 3.63) is 44.9 Å². The number of nitrogens with zero attached hydrogens (tertiary/aromatic N) is 3. The molecule has 0 aliphatic heterocycles. The normalized spacial score (nSPS) is 12.7. The third-order valence-corrected chi connectivity index (χ3v) is 4.06. The van der Waals surface area contributed by atoms with Crippen LogP contribution in [-0.2, 0) is 19.4 Å². The molecule has 0 bridgehead atoms. The second kappa shape index (κ2) is 6.70. The van der Waals surface area contributed by atoms with Crippen molar-refractivity contribution >= 4 is 27.5 Å². The minimum atomic E-state index is -0.649. The van der Waals surface area contributed by atoms with E-state index in [1.54, 1.807) is 12.4 Å². The molecule has 1 N–H and O–H groups in total. The van der Waals surface area contributed by atoms with Gasteiger partial charge in [0, 0.05) is 35.4 Å². The first-order chi connectivity index (χ1) is 9.56. The zero-order chi connectivity index (χ0) is 14.7. The summed E-state index contributed by atoms with van der Waals surface area (Å²) in [5.74, 6) is 0. The fourth-order valence-electron chi connectivity index (χ4n) is 2.12. The van der Waals surface area contributed by atoms with Crippen molar-refractivity contribution in [3.63, 3.8) is 0 Å². The first-order valence-electron chi connectivity index (χ1n) is 6.59. The number of halogens is 2. The molecule has 0 fully saturated rings. The minimum absolute atomic E-state index is 0.428. The molecule has 0 saturated heterocycles. The van der Waals surface area contributed by atoms with E-state index in [0.29, 0.717) is 11.4 Å². The maximum Gasteiger partial charge on any atom is 0.0861 e. The van der Waals surface area contributed by atoms with Gasteiger partial charge in [-0.05, 0) is 35.3 Å². The van der Waals surface area contributed by atoms with E-state index in [2.05, 4.69) is 26.0 Å². The summed E-state index contributed by atoms with van der Waals surface area (Å²) in [7, 11) is 0. The zero-order valence-corrected chi connectivity index (χ0v) is 13.8. The Labute approximate surface area is 131 Å². The number of aryl methyl sites for hydroxylation is 2. The van der Waals surface area contributed by atoms with Crippen LogP contribution in [0.15, 0.2) is 22.9 Å². The van der Waals surface area contributed by atoms with E-state index < -0.39 is 6.10 Å². The van der Waals surface area contributed by atoms with E-state index in [-0.39, 0.29) is 0 Å². The predicted molar refractivity (Wildman–Crippen MR) is 82.9 cm³/mol. The molecule has 1 unspecified atom stereocenters. The molecule has 2 heterocycles. The van der Waals surface area contributed by atoms with E-state index in [1.165, 1.54) is 0 Å². The Kier molecular flexibility index (Phi) is 5.18. The fraction of sp³-hybridized carbons (Fsp3) is 0.429. The Hall–Kier alpha value is -0.910. The fourth-order valence-corrected chi connectivity index (χ4v) is 2.85. The summed E-state index contributed by atoms with van der Waals surface area (Å²) in [4.78, 5) is 4.07. The van der Waals surface area contributed by atoms with Gasteiger partial charge in [-0.2, -0.15) is 5.10 Å². The van der Waals surface area contributed by atoms with Crippen molar-refractivity contribution in [1.82, 2.24) is 14.8 Å². The maximum absolute atomic E-state index is 10.4. The summed E-state index contributed by atoms with van der Waals surface area (Å²) in [6, 6.07) is 1.86. The van der Waals surface area contributed by atoms with E-state index in [1.807, 2.05) is 24.6 Å². The molecule has 4 nitrogen and oxygen atoms in total. The van der Waals surface area contributed by atoms with Crippen LogP contribution in [0.25, 0.3) is 0 Å². The monoisotopic (exact) mass is 357 g/mol. The molecule has 0 spiro atoms. The third kappa shape index (κ3) is 3.22. The lowest BCUT2D eigenvalue weighted by atomic mass is 10.1. The van der Waals surface area contributed by atoms with Crippen LogP contribution >= 0.6 is 27.5 Å². The van der Waals surface area contributed by atoms with E-state index in [4.69, 9.17) is 11.6 Å². The van der Waals surface area contributed by atoms with Crippen molar-refractivity contribution < 1.29 is 5.11 Å². The van der Waals surface area contributed by atoms with Crippen LogP contribution < -0.4 is 0 Å². The second-order valence-electron chi connectivity index (χ2n) is 4.53. The van der Waals surface area contributed by atoms with Gasteiger partial charge in [-0.15, -0.1) is 0 Å². The molecule has 2 aromatic heterocycles. The second-order valence-corrected chi connectivity index (χ2v) is 5.83. The van der Waals surface area contributed by atoms with E-state index in [9.17, 15) is 5.11 Å². The number of aliphatic hydroxyl groups excluding tert-OH is 1. The topological polar surface area (TPSA) is 50.9 Å². The number of hydrogen-bond acceptors (Lipinski definition) is 3. The van der Waals surface area contributed by atoms with Crippen molar-refractivity contribution in [3.8, 4) is 0 Å². The quantitative estimate of drug-likeness (QED) is 0.889. The summed E-state index contributed by atoms with van der Waals surface area (Å²) < 4.78 is 2.70. The average Bonchev–Trinajstić information content (AvgIpc) is 2.75.